The van der Waals surface area contributed by atoms with Gasteiger partial charge in [-0.2, -0.15) is 0 Å². The Balaban J connectivity index is 0.00000256. The Morgan fingerprint density at radius 2 is 2.12 bits per heavy atom. The lowest BCUT2D eigenvalue weighted by molar-refractivity contribution is -0.697. The molecule has 1 rings (SSSR count). The van der Waals surface area contributed by atoms with E-state index in [9.17, 15) is 0 Å². The first-order chi connectivity index (χ1) is 7.86. The number of unbranched alkanes of at least 4 members (excludes halogenated alkanes) is 2. The molecule has 2 nitrogen and oxygen atoms in total. The van der Waals surface area contributed by atoms with Crippen molar-refractivity contribution >= 4 is 0 Å². The maximum Gasteiger partial charge on any atom is 0.171 e. The minimum absolute atomic E-state index is 0. The predicted molar refractivity (Wildman–Crippen MR) is 66.1 cm³/mol. The van der Waals surface area contributed by atoms with E-state index in [0.29, 0.717) is 0 Å². The van der Waals surface area contributed by atoms with Crippen molar-refractivity contribution in [1.82, 2.24) is 0 Å². The van der Waals surface area contributed by atoms with Crippen LogP contribution in [0.15, 0.2) is 37.2 Å². The van der Waals surface area contributed by atoms with Crippen LogP contribution in [-0.2, 0) is 13.0 Å². The zero-order valence-corrected chi connectivity index (χ0v) is 12.5. The molecule has 3 heteroatoms. The van der Waals surface area contributed by atoms with Crippen LogP contribution in [0.3, 0.4) is 0 Å². The topological polar surface area (TPSA) is 24.1 Å². The smallest absolute Gasteiger partial charge is 0.171 e. The van der Waals surface area contributed by atoms with Gasteiger partial charge in [-0.25, -0.2) is 4.57 Å². The van der Waals surface area contributed by atoms with E-state index in [1.807, 2.05) is 6.08 Å². The van der Waals surface area contributed by atoms with Crippen molar-refractivity contribution in [3.63, 3.8) is 0 Å². The summed E-state index contributed by atoms with van der Waals surface area (Å²) in [6.45, 7) is 5.06. The van der Waals surface area contributed by atoms with Crippen molar-refractivity contribution in [1.29, 1.82) is 0 Å². The second-order valence-corrected chi connectivity index (χ2v) is 4.06. The number of allylic oxidation sites excluding steroid dienone is 1. The molecule has 0 amide bonds. The molecule has 0 fully saturated rings. The van der Waals surface area contributed by atoms with E-state index in [1.54, 1.807) is 0 Å². The van der Waals surface area contributed by atoms with Crippen LogP contribution in [0.5, 0.6) is 0 Å². The van der Waals surface area contributed by atoms with Gasteiger partial charge in [0, 0.05) is 24.7 Å². The monoisotopic (exact) mass is 347 g/mol. The number of hydrogen-bond donors (Lipinski definition) is 1. The van der Waals surface area contributed by atoms with Gasteiger partial charge in [-0.1, -0.05) is 6.08 Å². The zero-order chi connectivity index (χ0) is 11.6. The molecule has 1 aromatic rings. The molecule has 0 bridgehead atoms. The van der Waals surface area contributed by atoms with Crippen LogP contribution in [-0.4, -0.2) is 11.7 Å². The van der Waals surface area contributed by atoms with Gasteiger partial charge in [0.05, 0.1) is 0 Å². The highest BCUT2D eigenvalue weighted by molar-refractivity contribution is 5.05. The van der Waals surface area contributed by atoms with Crippen LogP contribution >= 0.6 is 0 Å². The third-order valence-electron chi connectivity index (χ3n) is 2.62. The van der Waals surface area contributed by atoms with Crippen molar-refractivity contribution in [2.75, 3.05) is 6.61 Å². The Morgan fingerprint density at radius 1 is 1.29 bits per heavy atom. The molecular formula is C14H22INO. The van der Waals surface area contributed by atoms with Gasteiger partial charge in [0.2, 0.25) is 0 Å². The van der Waals surface area contributed by atoms with Crippen LogP contribution in [0.2, 0.25) is 0 Å². The van der Waals surface area contributed by atoms with Crippen LogP contribution in [0, 0.1) is 0 Å². The first kappa shape index (κ1) is 16.6. The van der Waals surface area contributed by atoms with Gasteiger partial charge in [-0.3, -0.25) is 0 Å². The quantitative estimate of drug-likeness (QED) is 0.285. The summed E-state index contributed by atoms with van der Waals surface area (Å²) in [7, 11) is 0. The minimum Gasteiger partial charge on any atom is -1.00 e. The van der Waals surface area contributed by atoms with Gasteiger partial charge < -0.3 is 29.1 Å². The molecule has 0 atom stereocenters. The van der Waals surface area contributed by atoms with E-state index >= 15 is 0 Å². The summed E-state index contributed by atoms with van der Waals surface area (Å²) in [5, 5.41) is 8.78. The first-order valence-corrected chi connectivity index (χ1v) is 6.06. The van der Waals surface area contributed by atoms with Crippen LogP contribution in [0.25, 0.3) is 0 Å². The number of rotatable bonds is 8. The summed E-state index contributed by atoms with van der Waals surface area (Å²) in [5.74, 6) is 0. The lowest BCUT2D eigenvalue weighted by Gasteiger charge is -2.00. The van der Waals surface area contributed by atoms with Gasteiger partial charge >= 0.3 is 0 Å². The molecule has 0 spiro atoms. The van der Waals surface area contributed by atoms with Gasteiger partial charge in [0.15, 0.2) is 12.4 Å². The standard InChI is InChI=1S/C14H22NO.HI/c1-2-3-4-5-10-15-11-6-8-14(13-15)9-7-12-16;/h2,6,8,11,13,16H,1,3-5,7,9-10,12H2;1H/q+1;/p-1. The van der Waals surface area contributed by atoms with Crippen molar-refractivity contribution in [3.05, 3.63) is 42.7 Å². The van der Waals surface area contributed by atoms with Gasteiger partial charge in [0.1, 0.15) is 6.54 Å². The van der Waals surface area contributed by atoms with E-state index in [4.69, 9.17) is 5.11 Å². The molecule has 0 radical (unpaired) electrons. The van der Waals surface area contributed by atoms with Crippen molar-refractivity contribution in [2.45, 2.75) is 38.6 Å². The summed E-state index contributed by atoms with van der Waals surface area (Å²) in [5.41, 5.74) is 1.31. The number of nitrogens with zero attached hydrogens (tertiary/aromatic N) is 1. The first-order valence-electron chi connectivity index (χ1n) is 6.06. The van der Waals surface area contributed by atoms with Gasteiger partial charge in [0.25, 0.3) is 0 Å². The normalized spacial score (nSPS) is 9.71. The highest BCUT2D eigenvalue weighted by Gasteiger charge is 2.02. The fourth-order valence-corrected chi connectivity index (χ4v) is 1.73. The molecule has 0 aliphatic carbocycles. The highest BCUT2D eigenvalue weighted by atomic mass is 127. The molecular weight excluding hydrogens is 325 g/mol. The van der Waals surface area contributed by atoms with Crippen LogP contribution < -0.4 is 28.5 Å². The number of halogens is 1. The van der Waals surface area contributed by atoms with Gasteiger partial charge in [-0.05, 0) is 31.7 Å². The molecule has 1 N–H and O–H groups in total. The fourth-order valence-electron chi connectivity index (χ4n) is 1.73. The lowest BCUT2D eigenvalue weighted by Crippen LogP contribution is -3.00. The Bertz CT molecular complexity index is 315. The average molecular weight is 347 g/mol. The minimum atomic E-state index is 0. The molecule has 0 aliphatic rings. The van der Waals surface area contributed by atoms with E-state index in [0.717, 1.165) is 25.8 Å². The second-order valence-electron chi connectivity index (χ2n) is 4.06. The maximum atomic E-state index is 8.78. The number of aromatic nitrogens is 1. The Hall–Kier alpha value is -0.420. The largest absolute Gasteiger partial charge is 1.00 e. The Morgan fingerprint density at radius 3 is 2.82 bits per heavy atom. The van der Waals surface area contributed by atoms with Gasteiger partial charge in [-0.15, -0.1) is 6.58 Å². The Kier molecular flexibility index (Phi) is 10.5. The number of aryl methyl sites for hydroxylation is 2. The summed E-state index contributed by atoms with van der Waals surface area (Å²) in [6.07, 6.45) is 11.6. The summed E-state index contributed by atoms with van der Waals surface area (Å²) in [6, 6.07) is 4.20. The maximum absolute atomic E-state index is 8.78. The third kappa shape index (κ3) is 7.49. The molecule has 17 heavy (non-hydrogen) atoms. The van der Waals surface area contributed by atoms with E-state index in [-0.39, 0.29) is 30.6 Å². The number of hydrogen-bond acceptors (Lipinski definition) is 1. The van der Waals surface area contributed by atoms with E-state index in [2.05, 4.69) is 35.7 Å². The summed E-state index contributed by atoms with van der Waals surface area (Å²) < 4.78 is 2.23. The molecule has 0 saturated heterocycles. The van der Waals surface area contributed by atoms with E-state index < -0.39 is 0 Å². The molecule has 1 aromatic heterocycles. The summed E-state index contributed by atoms with van der Waals surface area (Å²) >= 11 is 0. The third-order valence-corrected chi connectivity index (χ3v) is 2.62. The predicted octanol–water partition coefficient (Wildman–Crippen LogP) is -0.741. The highest BCUT2D eigenvalue weighted by Crippen LogP contribution is 2.00. The zero-order valence-electron chi connectivity index (χ0n) is 10.3. The Labute approximate surface area is 121 Å². The number of aliphatic hydroxyl groups is 1. The molecule has 0 saturated carbocycles. The summed E-state index contributed by atoms with van der Waals surface area (Å²) in [4.78, 5) is 0. The number of pyridine rings is 1. The molecule has 1 heterocycles. The SMILES string of the molecule is C=CCCCC[n+]1cccc(CCCO)c1.[I-]. The fraction of sp³-hybridized carbons (Fsp3) is 0.500. The van der Waals surface area contributed by atoms with Crippen molar-refractivity contribution in [3.8, 4) is 0 Å². The molecule has 0 unspecified atom stereocenters. The second kappa shape index (κ2) is 10.7. The number of aliphatic hydroxyl groups excluding tert-OH is 1. The molecule has 0 aromatic carbocycles. The van der Waals surface area contributed by atoms with Crippen molar-refractivity contribution < 1.29 is 33.7 Å². The lowest BCUT2D eigenvalue weighted by atomic mass is 10.1. The average Bonchev–Trinajstić information content (AvgIpc) is 2.33. The molecule has 96 valence electrons. The van der Waals surface area contributed by atoms with E-state index in [1.165, 1.54) is 18.4 Å². The van der Waals surface area contributed by atoms with Crippen LogP contribution in [0.4, 0.5) is 0 Å². The van der Waals surface area contributed by atoms with Crippen molar-refractivity contribution in [2.24, 2.45) is 0 Å². The van der Waals surface area contributed by atoms with Crippen LogP contribution in [0.1, 0.15) is 31.2 Å². The molecule has 0 aliphatic heterocycles.